The molecular weight excluding hydrogens is 306 g/mol. The number of nitrogens with zero attached hydrogens (tertiary/aromatic N) is 2. The summed E-state index contributed by atoms with van der Waals surface area (Å²) in [7, 11) is 3.96. The second-order valence-corrected chi connectivity index (χ2v) is 6.28. The summed E-state index contributed by atoms with van der Waals surface area (Å²) in [6, 6.07) is 2.82. The molecule has 1 aromatic rings. The van der Waals surface area contributed by atoms with Gasteiger partial charge in [-0.3, -0.25) is 4.79 Å². The summed E-state index contributed by atoms with van der Waals surface area (Å²) in [5.41, 5.74) is 1.62. The van der Waals surface area contributed by atoms with Crippen LogP contribution in [-0.2, 0) is 9.53 Å². The summed E-state index contributed by atoms with van der Waals surface area (Å²) in [6.07, 6.45) is 0. The molecule has 1 unspecified atom stereocenters. The molecule has 0 aliphatic carbocycles. The van der Waals surface area contributed by atoms with Crippen molar-refractivity contribution in [1.29, 1.82) is 0 Å². The Labute approximate surface area is 143 Å². The van der Waals surface area contributed by atoms with Crippen molar-refractivity contribution in [1.82, 2.24) is 0 Å². The van der Waals surface area contributed by atoms with Crippen LogP contribution in [0.4, 0.5) is 11.4 Å². The maximum absolute atomic E-state index is 12.6. The van der Waals surface area contributed by atoms with Gasteiger partial charge in [-0.05, 0) is 39.3 Å². The van der Waals surface area contributed by atoms with Gasteiger partial charge in [-0.1, -0.05) is 6.07 Å². The predicted octanol–water partition coefficient (Wildman–Crippen LogP) is 3.15. The molecule has 6 heteroatoms. The maximum Gasteiger partial charge on any atom is 0.338 e. The van der Waals surface area contributed by atoms with Crippen LogP contribution in [0, 0.1) is 13.5 Å². The minimum absolute atomic E-state index is 0.175. The molecule has 6 nitrogen and oxygen atoms in total. The van der Waals surface area contributed by atoms with Crippen LogP contribution in [-0.4, -0.2) is 49.6 Å². The second-order valence-electron chi connectivity index (χ2n) is 6.28. The summed E-state index contributed by atoms with van der Waals surface area (Å²) >= 11 is 0. The molecule has 0 heterocycles. The van der Waals surface area contributed by atoms with Gasteiger partial charge in [0.2, 0.25) is 0 Å². The number of hydrogen-bond donors (Lipinski definition) is 1. The van der Waals surface area contributed by atoms with E-state index in [2.05, 4.69) is 10.2 Å². The monoisotopic (exact) mass is 332 g/mol. The van der Waals surface area contributed by atoms with E-state index in [0.29, 0.717) is 21.4 Å². The van der Waals surface area contributed by atoms with Gasteiger partial charge < -0.3 is 14.5 Å². The van der Waals surface area contributed by atoms with E-state index in [-0.39, 0.29) is 24.1 Å². The molecule has 0 aliphatic rings. The molecule has 0 aliphatic heterocycles. The van der Waals surface area contributed by atoms with Crippen LogP contribution >= 0.6 is 0 Å². The van der Waals surface area contributed by atoms with E-state index >= 15 is 0 Å². The number of benzene rings is 1. The van der Waals surface area contributed by atoms with Crippen LogP contribution in [0.3, 0.4) is 0 Å². The fourth-order valence-corrected chi connectivity index (χ4v) is 2.19. The molecule has 0 radical (unpaired) electrons. The summed E-state index contributed by atoms with van der Waals surface area (Å²) < 4.78 is 5.58. The van der Waals surface area contributed by atoms with Gasteiger partial charge in [0.15, 0.2) is 11.7 Å². The molecule has 130 valence electrons. The van der Waals surface area contributed by atoms with Crippen molar-refractivity contribution >= 4 is 23.3 Å². The largest absolute Gasteiger partial charge is 0.462 e. The van der Waals surface area contributed by atoms with Crippen LogP contribution in [0.2, 0.25) is 0 Å². The first-order chi connectivity index (χ1) is 11.2. The number of carbonyl (C=O) groups is 2. The number of carbonyl (C=O) groups excluding carboxylic acids is 2. The highest BCUT2D eigenvalue weighted by atomic mass is 16.5. The third-order valence-corrected chi connectivity index (χ3v) is 4.44. The number of aryl methyl sites for hydroxylation is 1. The summed E-state index contributed by atoms with van der Waals surface area (Å²) in [4.78, 5) is 28.2. The molecule has 0 aromatic heterocycles. The molecule has 1 rings (SSSR count). The van der Waals surface area contributed by atoms with Crippen LogP contribution < -0.4 is 5.32 Å². The number of rotatable bonds is 6. The van der Waals surface area contributed by atoms with E-state index in [9.17, 15) is 9.59 Å². The average Bonchev–Trinajstić information content (AvgIpc) is 2.55. The third-order valence-electron chi connectivity index (χ3n) is 4.44. The number of amides is 1. The maximum atomic E-state index is 12.6. The standard InChI is InChI=1S/C18H25N3O3/c1-8-21(6,7)13(4)17(22)20-16-12(3)10-14(19-5)11-15(16)18(23)24-9-2/h10-11,13H,8-9H2,1-4,6-7H3/p+1. The van der Waals surface area contributed by atoms with Crippen molar-refractivity contribution in [3.63, 3.8) is 0 Å². The lowest BCUT2D eigenvalue weighted by molar-refractivity contribution is -0.902. The first-order valence-electron chi connectivity index (χ1n) is 8.00. The van der Waals surface area contributed by atoms with Gasteiger partial charge in [-0.2, -0.15) is 0 Å². The number of hydrogen-bond acceptors (Lipinski definition) is 3. The smallest absolute Gasteiger partial charge is 0.338 e. The van der Waals surface area contributed by atoms with E-state index in [1.54, 1.807) is 19.9 Å². The quantitative estimate of drug-likeness (QED) is 0.494. The molecule has 24 heavy (non-hydrogen) atoms. The Balaban J connectivity index is 3.26. The van der Waals surface area contributed by atoms with E-state index < -0.39 is 5.97 Å². The molecule has 1 amide bonds. The highest BCUT2D eigenvalue weighted by Crippen LogP contribution is 2.28. The van der Waals surface area contributed by atoms with Crippen molar-refractivity contribution in [2.45, 2.75) is 33.7 Å². The number of anilines is 1. The van der Waals surface area contributed by atoms with Crippen molar-refractivity contribution in [3.05, 3.63) is 34.7 Å². The Bertz CT molecular complexity index is 675. The summed E-state index contributed by atoms with van der Waals surface area (Å²) in [5.74, 6) is -0.718. The van der Waals surface area contributed by atoms with E-state index in [0.717, 1.165) is 6.54 Å². The minimum Gasteiger partial charge on any atom is -0.462 e. The van der Waals surface area contributed by atoms with Crippen molar-refractivity contribution in [2.24, 2.45) is 0 Å². The summed E-state index contributed by atoms with van der Waals surface area (Å²) in [5, 5.41) is 2.85. The van der Waals surface area contributed by atoms with Gasteiger partial charge in [0.05, 0.1) is 45.1 Å². The molecule has 1 N–H and O–H groups in total. The first kappa shape index (κ1) is 19.7. The zero-order chi connectivity index (χ0) is 18.5. The van der Waals surface area contributed by atoms with E-state index in [4.69, 9.17) is 11.3 Å². The van der Waals surface area contributed by atoms with Gasteiger partial charge in [-0.15, -0.1) is 0 Å². The Morgan fingerprint density at radius 2 is 1.96 bits per heavy atom. The predicted molar refractivity (Wildman–Crippen MR) is 94.1 cm³/mol. The molecule has 1 atom stereocenters. The molecule has 0 fully saturated rings. The van der Waals surface area contributed by atoms with Crippen LogP contribution in [0.5, 0.6) is 0 Å². The van der Waals surface area contributed by atoms with Crippen molar-refractivity contribution < 1.29 is 18.8 Å². The molecule has 0 spiro atoms. The van der Waals surface area contributed by atoms with E-state index in [1.165, 1.54) is 6.07 Å². The number of ether oxygens (including phenoxy) is 1. The molecule has 0 bridgehead atoms. The lowest BCUT2D eigenvalue weighted by Crippen LogP contribution is -2.52. The first-order valence-corrected chi connectivity index (χ1v) is 8.00. The highest BCUT2D eigenvalue weighted by molar-refractivity contribution is 6.04. The minimum atomic E-state index is -0.543. The number of quaternary nitrogens is 1. The van der Waals surface area contributed by atoms with E-state index in [1.807, 2.05) is 27.9 Å². The fourth-order valence-electron chi connectivity index (χ4n) is 2.19. The Morgan fingerprint density at radius 1 is 1.33 bits per heavy atom. The zero-order valence-electron chi connectivity index (χ0n) is 15.3. The Hall–Kier alpha value is -2.39. The summed E-state index contributed by atoms with van der Waals surface area (Å²) in [6.45, 7) is 15.5. The lowest BCUT2D eigenvalue weighted by atomic mass is 10.1. The van der Waals surface area contributed by atoms with Crippen LogP contribution in [0.25, 0.3) is 4.85 Å². The van der Waals surface area contributed by atoms with Crippen LogP contribution in [0.15, 0.2) is 12.1 Å². The molecule has 1 aromatic carbocycles. The van der Waals surface area contributed by atoms with Gasteiger partial charge in [0.1, 0.15) is 0 Å². The lowest BCUT2D eigenvalue weighted by Gasteiger charge is -2.34. The third kappa shape index (κ3) is 4.33. The second kappa shape index (κ2) is 7.93. The van der Waals surface area contributed by atoms with Crippen LogP contribution in [0.1, 0.15) is 36.7 Å². The zero-order valence-corrected chi connectivity index (χ0v) is 15.3. The Morgan fingerprint density at radius 3 is 2.46 bits per heavy atom. The fraction of sp³-hybridized carbons (Fsp3) is 0.500. The normalized spacial score (nSPS) is 12.2. The topological polar surface area (TPSA) is 59.8 Å². The number of nitrogens with one attached hydrogen (secondary N) is 1. The van der Waals surface area contributed by atoms with Gasteiger partial charge in [0, 0.05) is 0 Å². The number of esters is 1. The SMILES string of the molecule is [C-]#[N+]c1cc(C)c(NC(=O)C(C)[N+](C)(C)CC)c(C(=O)OCC)c1. The van der Waals surface area contributed by atoms with Crippen molar-refractivity contribution in [2.75, 3.05) is 32.6 Å². The Kier molecular flexibility index (Phi) is 6.50. The number of likely N-dealkylation sites (N-methyl/N-ethyl adjacent to an activating group) is 1. The highest BCUT2D eigenvalue weighted by Gasteiger charge is 2.30. The average molecular weight is 332 g/mol. The van der Waals surface area contributed by atoms with Crippen molar-refractivity contribution in [3.8, 4) is 0 Å². The van der Waals surface area contributed by atoms with Gasteiger partial charge in [0.25, 0.3) is 5.91 Å². The molecule has 0 saturated carbocycles. The molecular formula is C18H26N3O3+. The van der Waals surface area contributed by atoms with Gasteiger partial charge in [-0.25, -0.2) is 9.64 Å². The molecule has 0 saturated heterocycles. The van der Waals surface area contributed by atoms with Gasteiger partial charge >= 0.3 is 5.97 Å².